The van der Waals surface area contributed by atoms with Gasteiger partial charge in [0.1, 0.15) is 6.61 Å². The zero-order valence-corrected chi connectivity index (χ0v) is 8.51. The third kappa shape index (κ3) is 4.60. The number of ether oxygens (including phenoxy) is 2. The Kier molecular flexibility index (Phi) is 4.30. The van der Waals surface area contributed by atoms with Crippen LogP contribution < -0.4 is 0 Å². The van der Waals surface area contributed by atoms with Crippen molar-refractivity contribution in [3.05, 3.63) is 12.2 Å². The Morgan fingerprint density at radius 2 is 2.27 bits per heavy atom. The van der Waals surface area contributed by atoms with Gasteiger partial charge in [-0.15, -0.1) is 0 Å². The first-order valence-electron chi connectivity index (χ1n) is 4.78. The molecule has 1 N–H and O–H groups in total. The lowest BCUT2D eigenvalue weighted by Crippen LogP contribution is -2.17. The lowest BCUT2D eigenvalue weighted by atomic mass is 10.2. The maximum Gasteiger partial charge on any atom is 0.328 e. The molecule has 0 aromatic heterocycles. The van der Waals surface area contributed by atoms with Crippen molar-refractivity contribution < 1.29 is 24.2 Å². The third-order valence-corrected chi connectivity index (χ3v) is 2.07. The molecule has 0 saturated carbocycles. The Morgan fingerprint density at radius 1 is 1.53 bits per heavy atom. The number of aliphatic carboxylic acids is 1. The molecule has 1 rings (SSSR count). The summed E-state index contributed by atoms with van der Waals surface area (Å²) in [5, 5.41) is 8.40. The molecular formula is C10H14O5. The lowest BCUT2D eigenvalue weighted by Gasteiger charge is -2.10. The van der Waals surface area contributed by atoms with Crippen LogP contribution in [0.4, 0.5) is 0 Å². The molecule has 1 saturated heterocycles. The summed E-state index contributed by atoms with van der Waals surface area (Å²) in [6.45, 7) is 1.59. The number of carboxylic acids is 1. The van der Waals surface area contributed by atoms with E-state index in [4.69, 9.17) is 14.6 Å². The van der Waals surface area contributed by atoms with Crippen LogP contribution in [0, 0.1) is 0 Å². The second-order valence-corrected chi connectivity index (χ2v) is 3.37. The van der Waals surface area contributed by atoms with Crippen molar-refractivity contribution in [3.8, 4) is 0 Å². The summed E-state index contributed by atoms with van der Waals surface area (Å²) < 4.78 is 10.2. The van der Waals surface area contributed by atoms with Crippen molar-refractivity contribution in [2.24, 2.45) is 0 Å². The second kappa shape index (κ2) is 5.50. The maximum absolute atomic E-state index is 10.5. The Balaban J connectivity index is 2.26. The van der Waals surface area contributed by atoms with Crippen LogP contribution in [0.2, 0.25) is 0 Å². The van der Waals surface area contributed by atoms with Gasteiger partial charge in [0.15, 0.2) is 0 Å². The molecule has 0 amide bonds. The molecule has 0 radical (unpaired) electrons. The van der Waals surface area contributed by atoms with Crippen LogP contribution in [0.3, 0.4) is 0 Å². The molecule has 0 aromatic carbocycles. The standard InChI is InChI=1S/C10H14O5/c1-7(11)14-6-9-3-2-8(15-9)4-5-10(12)13/h4-5,8-9H,2-3,6H2,1H3,(H,12,13)/b5-4+. The summed E-state index contributed by atoms with van der Waals surface area (Å²) in [5.41, 5.74) is 0. The number of carbonyl (C=O) groups excluding carboxylic acids is 1. The predicted molar refractivity (Wildman–Crippen MR) is 51.3 cm³/mol. The number of carboxylic acid groups (broad SMARTS) is 1. The fourth-order valence-electron chi connectivity index (χ4n) is 1.40. The zero-order chi connectivity index (χ0) is 11.3. The monoisotopic (exact) mass is 214 g/mol. The van der Waals surface area contributed by atoms with E-state index in [9.17, 15) is 9.59 Å². The van der Waals surface area contributed by atoms with E-state index in [1.807, 2.05) is 0 Å². The summed E-state index contributed by atoms with van der Waals surface area (Å²) in [6.07, 6.45) is 3.83. The van der Waals surface area contributed by atoms with Crippen LogP contribution in [0.1, 0.15) is 19.8 Å². The number of rotatable bonds is 4. The van der Waals surface area contributed by atoms with E-state index in [0.717, 1.165) is 18.9 Å². The molecule has 2 atom stereocenters. The van der Waals surface area contributed by atoms with Gasteiger partial charge in [-0.3, -0.25) is 4.79 Å². The first kappa shape index (κ1) is 11.7. The molecule has 1 aliphatic heterocycles. The highest BCUT2D eigenvalue weighted by Gasteiger charge is 2.24. The minimum atomic E-state index is -0.984. The third-order valence-electron chi connectivity index (χ3n) is 2.07. The van der Waals surface area contributed by atoms with Crippen LogP contribution in [-0.2, 0) is 19.1 Å². The van der Waals surface area contributed by atoms with Crippen molar-refractivity contribution in [3.63, 3.8) is 0 Å². The van der Waals surface area contributed by atoms with Gasteiger partial charge in [-0.25, -0.2) is 4.79 Å². The topological polar surface area (TPSA) is 72.8 Å². The van der Waals surface area contributed by atoms with E-state index in [2.05, 4.69) is 0 Å². The van der Waals surface area contributed by atoms with Gasteiger partial charge in [0, 0.05) is 13.0 Å². The number of hydrogen-bond donors (Lipinski definition) is 1. The molecule has 0 spiro atoms. The van der Waals surface area contributed by atoms with E-state index < -0.39 is 5.97 Å². The second-order valence-electron chi connectivity index (χ2n) is 3.37. The maximum atomic E-state index is 10.5. The summed E-state index contributed by atoms with van der Waals surface area (Å²) in [6, 6.07) is 0. The molecule has 2 unspecified atom stereocenters. The molecule has 1 heterocycles. The molecule has 0 aliphatic carbocycles. The van der Waals surface area contributed by atoms with Crippen molar-refractivity contribution >= 4 is 11.9 Å². The highest BCUT2D eigenvalue weighted by molar-refractivity contribution is 5.79. The van der Waals surface area contributed by atoms with Gasteiger partial charge in [-0.1, -0.05) is 0 Å². The molecule has 1 aliphatic rings. The van der Waals surface area contributed by atoms with Crippen LogP contribution in [0.5, 0.6) is 0 Å². The van der Waals surface area contributed by atoms with Gasteiger partial charge in [-0.05, 0) is 18.9 Å². The molecule has 15 heavy (non-hydrogen) atoms. The first-order valence-corrected chi connectivity index (χ1v) is 4.78. The largest absolute Gasteiger partial charge is 0.478 e. The molecule has 5 heteroatoms. The molecule has 84 valence electrons. The Morgan fingerprint density at radius 3 is 2.87 bits per heavy atom. The Labute approximate surface area is 87.7 Å². The Bertz CT molecular complexity index is 271. The van der Waals surface area contributed by atoms with Crippen LogP contribution in [0.25, 0.3) is 0 Å². The number of esters is 1. The van der Waals surface area contributed by atoms with Gasteiger partial charge in [0.05, 0.1) is 12.2 Å². The normalized spacial score (nSPS) is 25.7. The summed E-state index contributed by atoms with van der Waals surface area (Å²) in [4.78, 5) is 20.8. The minimum absolute atomic E-state index is 0.114. The smallest absolute Gasteiger partial charge is 0.328 e. The molecular weight excluding hydrogens is 200 g/mol. The average Bonchev–Trinajstić information content (AvgIpc) is 2.59. The molecule has 5 nitrogen and oxygen atoms in total. The Hall–Kier alpha value is -1.36. The summed E-state index contributed by atoms with van der Waals surface area (Å²) >= 11 is 0. The average molecular weight is 214 g/mol. The molecule has 0 bridgehead atoms. The quantitative estimate of drug-likeness (QED) is 0.552. The highest BCUT2D eigenvalue weighted by atomic mass is 16.6. The van der Waals surface area contributed by atoms with E-state index in [-0.39, 0.29) is 24.8 Å². The van der Waals surface area contributed by atoms with Crippen molar-refractivity contribution in [2.45, 2.75) is 32.0 Å². The van der Waals surface area contributed by atoms with E-state index in [1.165, 1.54) is 13.0 Å². The fraction of sp³-hybridized carbons (Fsp3) is 0.600. The molecule has 0 aromatic rings. The van der Waals surface area contributed by atoms with E-state index in [1.54, 1.807) is 0 Å². The highest BCUT2D eigenvalue weighted by Crippen LogP contribution is 2.20. The van der Waals surface area contributed by atoms with Crippen molar-refractivity contribution in [1.82, 2.24) is 0 Å². The van der Waals surface area contributed by atoms with Crippen LogP contribution >= 0.6 is 0 Å². The van der Waals surface area contributed by atoms with Gasteiger partial charge >= 0.3 is 11.9 Å². The van der Waals surface area contributed by atoms with E-state index >= 15 is 0 Å². The van der Waals surface area contributed by atoms with Gasteiger partial charge in [-0.2, -0.15) is 0 Å². The zero-order valence-electron chi connectivity index (χ0n) is 8.51. The molecule has 1 fully saturated rings. The lowest BCUT2D eigenvalue weighted by molar-refractivity contribution is -0.144. The van der Waals surface area contributed by atoms with Crippen molar-refractivity contribution in [2.75, 3.05) is 6.61 Å². The first-order chi connectivity index (χ1) is 7.08. The fourth-order valence-corrected chi connectivity index (χ4v) is 1.40. The minimum Gasteiger partial charge on any atom is -0.478 e. The van der Waals surface area contributed by atoms with Gasteiger partial charge < -0.3 is 14.6 Å². The van der Waals surface area contributed by atoms with Crippen LogP contribution in [0.15, 0.2) is 12.2 Å². The van der Waals surface area contributed by atoms with Crippen molar-refractivity contribution in [1.29, 1.82) is 0 Å². The predicted octanol–water partition coefficient (Wildman–Crippen LogP) is 0.738. The number of hydrogen-bond acceptors (Lipinski definition) is 4. The van der Waals surface area contributed by atoms with E-state index in [0.29, 0.717) is 0 Å². The van der Waals surface area contributed by atoms with Gasteiger partial charge in [0.25, 0.3) is 0 Å². The number of carbonyl (C=O) groups is 2. The van der Waals surface area contributed by atoms with Crippen LogP contribution in [-0.4, -0.2) is 35.9 Å². The summed E-state index contributed by atoms with van der Waals surface area (Å²) in [7, 11) is 0. The van der Waals surface area contributed by atoms with Gasteiger partial charge in [0.2, 0.25) is 0 Å². The summed E-state index contributed by atoms with van der Waals surface area (Å²) in [5.74, 6) is -1.31. The SMILES string of the molecule is CC(=O)OCC1CCC(/C=C/C(=O)O)O1.